The monoisotopic (exact) mass is 448 g/mol. The number of piperazine rings is 1. The van der Waals surface area contributed by atoms with E-state index >= 15 is 0 Å². The maximum atomic E-state index is 12.9. The highest BCUT2D eigenvalue weighted by Gasteiger charge is 2.29. The Labute approximate surface area is 194 Å². The van der Waals surface area contributed by atoms with Gasteiger partial charge in [0.25, 0.3) is 5.91 Å². The van der Waals surface area contributed by atoms with Crippen molar-refractivity contribution in [1.82, 2.24) is 14.9 Å². The second-order valence-corrected chi connectivity index (χ2v) is 10.5. The Hall–Kier alpha value is -2.47. The second-order valence-electron chi connectivity index (χ2n) is 9.39. The van der Waals surface area contributed by atoms with Crippen LogP contribution in [0.5, 0.6) is 0 Å². The van der Waals surface area contributed by atoms with Crippen LogP contribution in [0.15, 0.2) is 30.3 Å². The number of rotatable bonds is 4. The predicted octanol–water partition coefficient (Wildman–Crippen LogP) is 5.29. The van der Waals surface area contributed by atoms with Crippen molar-refractivity contribution in [2.75, 3.05) is 31.1 Å². The van der Waals surface area contributed by atoms with Crippen LogP contribution in [0, 0.1) is 5.92 Å². The first-order chi connectivity index (χ1) is 15.5. The van der Waals surface area contributed by atoms with Crippen LogP contribution >= 0.6 is 11.3 Å². The first-order valence-electron chi connectivity index (χ1n) is 12.0. The Morgan fingerprint density at radius 2 is 1.91 bits per heavy atom. The molecule has 1 fully saturated rings. The molecule has 1 aliphatic carbocycles. The van der Waals surface area contributed by atoms with Gasteiger partial charge < -0.3 is 9.80 Å². The Balaban J connectivity index is 1.46. The Morgan fingerprint density at radius 3 is 2.62 bits per heavy atom. The van der Waals surface area contributed by atoms with Crippen molar-refractivity contribution in [3.8, 4) is 0 Å². The normalized spacial score (nSPS) is 19.8. The zero-order valence-electron chi connectivity index (χ0n) is 19.3. The fraction of sp³-hybridized carbons (Fsp3) is 0.500. The summed E-state index contributed by atoms with van der Waals surface area (Å²) in [5.74, 6) is 3.28. The number of aryl methyl sites for hydroxylation is 1. The third-order valence-electron chi connectivity index (χ3n) is 7.09. The number of fused-ring (bicyclic) bond motifs is 3. The smallest absolute Gasteiger partial charge is 0.253 e. The van der Waals surface area contributed by atoms with E-state index in [1.165, 1.54) is 22.2 Å². The number of thiophene rings is 1. The van der Waals surface area contributed by atoms with Crippen molar-refractivity contribution in [3.63, 3.8) is 0 Å². The SMILES string of the molecule is CC[C@@H](C)c1nc(N2CCN(C(=O)c3ccccc3)CC2)c2c3c(sc2n1)C[C@H](C)CC3. The first kappa shape index (κ1) is 21.4. The number of nitrogens with zero attached hydrogens (tertiary/aromatic N) is 4. The van der Waals surface area contributed by atoms with E-state index in [2.05, 4.69) is 25.7 Å². The molecule has 1 aromatic carbocycles. The summed E-state index contributed by atoms with van der Waals surface area (Å²) in [5, 5.41) is 1.28. The summed E-state index contributed by atoms with van der Waals surface area (Å²) >= 11 is 1.88. The van der Waals surface area contributed by atoms with Gasteiger partial charge in [0.1, 0.15) is 16.5 Å². The number of carbonyl (C=O) groups is 1. The van der Waals surface area contributed by atoms with Gasteiger partial charge in [-0.1, -0.05) is 39.0 Å². The summed E-state index contributed by atoms with van der Waals surface area (Å²) in [6.45, 7) is 9.84. The van der Waals surface area contributed by atoms with E-state index in [1.807, 2.05) is 46.6 Å². The Bertz CT molecular complexity index is 1120. The van der Waals surface area contributed by atoms with Crippen molar-refractivity contribution in [1.29, 1.82) is 0 Å². The molecule has 1 saturated heterocycles. The molecule has 5 nitrogen and oxygen atoms in total. The van der Waals surface area contributed by atoms with E-state index in [4.69, 9.17) is 9.97 Å². The molecule has 168 valence electrons. The number of amides is 1. The third-order valence-corrected chi connectivity index (χ3v) is 8.24. The Kier molecular flexibility index (Phi) is 5.89. The fourth-order valence-corrected chi connectivity index (χ4v) is 6.24. The molecule has 6 heteroatoms. The van der Waals surface area contributed by atoms with E-state index in [0.717, 1.165) is 73.4 Å². The molecular formula is C26H32N4OS. The maximum Gasteiger partial charge on any atom is 0.253 e. The lowest BCUT2D eigenvalue weighted by Crippen LogP contribution is -2.49. The summed E-state index contributed by atoms with van der Waals surface area (Å²) < 4.78 is 0. The minimum absolute atomic E-state index is 0.125. The van der Waals surface area contributed by atoms with Gasteiger partial charge in [-0.3, -0.25) is 4.79 Å². The minimum Gasteiger partial charge on any atom is -0.352 e. The molecule has 0 spiro atoms. The average molecular weight is 449 g/mol. The largest absolute Gasteiger partial charge is 0.352 e. The highest BCUT2D eigenvalue weighted by atomic mass is 32.1. The van der Waals surface area contributed by atoms with Gasteiger partial charge in [0, 0.05) is 42.5 Å². The molecule has 2 aliphatic rings. The lowest BCUT2D eigenvalue weighted by Gasteiger charge is -2.36. The third kappa shape index (κ3) is 3.90. The van der Waals surface area contributed by atoms with Crippen LogP contribution in [0.3, 0.4) is 0 Å². The van der Waals surface area contributed by atoms with Gasteiger partial charge in [0.15, 0.2) is 0 Å². The van der Waals surface area contributed by atoms with Gasteiger partial charge in [-0.05, 0) is 49.3 Å². The van der Waals surface area contributed by atoms with E-state index in [-0.39, 0.29) is 5.91 Å². The van der Waals surface area contributed by atoms with Crippen LogP contribution < -0.4 is 4.90 Å². The molecule has 0 unspecified atom stereocenters. The molecule has 0 radical (unpaired) electrons. The van der Waals surface area contributed by atoms with E-state index in [9.17, 15) is 4.79 Å². The maximum absolute atomic E-state index is 12.9. The molecule has 3 heterocycles. The van der Waals surface area contributed by atoms with Crippen LogP contribution in [0.2, 0.25) is 0 Å². The zero-order valence-corrected chi connectivity index (χ0v) is 20.1. The number of hydrogen-bond acceptors (Lipinski definition) is 5. The number of benzene rings is 1. The molecule has 1 amide bonds. The molecular weight excluding hydrogens is 416 g/mol. The van der Waals surface area contributed by atoms with Gasteiger partial charge >= 0.3 is 0 Å². The standard InChI is InChI=1S/C26H32N4OS/c1-4-18(3)23-27-24(22-20-11-10-17(2)16-21(20)32-25(22)28-23)29-12-14-30(15-13-29)26(31)19-8-6-5-7-9-19/h5-9,17-18H,4,10-16H2,1-3H3/t17-,18-/m1/s1. The molecule has 0 N–H and O–H groups in total. The summed E-state index contributed by atoms with van der Waals surface area (Å²) in [6, 6.07) is 9.61. The first-order valence-corrected chi connectivity index (χ1v) is 12.8. The molecule has 2 aromatic heterocycles. The van der Waals surface area contributed by atoms with Crippen LogP contribution in [0.1, 0.15) is 66.2 Å². The van der Waals surface area contributed by atoms with E-state index in [0.29, 0.717) is 5.92 Å². The number of aromatic nitrogens is 2. The lowest BCUT2D eigenvalue weighted by molar-refractivity contribution is 0.0746. The number of anilines is 1. The number of hydrogen-bond donors (Lipinski definition) is 0. The van der Waals surface area contributed by atoms with Crippen molar-refractivity contribution >= 4 is 33.3 Å². The molecule has 1 aliphatic heterocycles. The summed E-state index contributed by atoms with van der Waals surface area (Å²) in [4.78, 5) is 30.1. The Morgan fingerprint density at radius 1 is 1.16 bits per heavy atom. The van der Waals surface area contributed by atoms with Gasteiger partial charge in [0.2, 0.25) is 0 Å². The van der Waals surface area contributed by atoms with Crippen LogP contribution in [-0.2, 0) is 12.8 Å². The van der Waals surface area contributed by atoms with Gasteiger partial charge in [-0.2, -0.15) is 0 Å². The van der Waals surface area contributed by atoms with Gasteiger partial charge in [-0.15, -0.1) is 11.3 Å². The fourth-order valence-electron chi connectivity index (χ4n) is 4.86. The molecule has 0 bridgehead atoms. The molecule has 5 rings (SSSR count). The lowest BCUT2D eigenvalue weighted by atomic mass is 9.89. The molecule has 3 aromatic rings. The molecule has 32 heavy (non-hydrogen) atoms. The quantitative estimate of drug-likeness (QED) is 0.544. The second kappa shape index (κ2) is 8.81. The number of carbonyl (C=O) groups excluding carboxylic acids is 1. The molecule has 0 saturated carbocycles. The summed E-state index contributed by atoms with van der Waals surface area (Å²) in [6.07, 6.45) is 4.56. The van der Waals surface area contributed by atoms with Crippen LogP contribution in [0.25, 0.3) is 10.2 Å². The van der Waals surface area contributed by atoms with E-state index < -0.39 is 0 Å². The van der Waals surface area contributed by atoms with Crippen molar-refractivity contribution in [3.05, 3.63) is 52.2 Å². The topological polar surface area (TPSA) is 49.3 Å². The average Bonchev–Trinajstić information content (AvgIpc) is 3.20. The minimum atomic E-state index is 0.125. The highest BCUT2D eigenvalue weighted by Crippen LogP contribution is 2.41. The summed E-state index contributed by atoms with van der Waals surface area (Å²) in [5.41, 5.74) is 2.25. The van der Waals surface area contributed by atoms with Gasteiger partial charge in [0.05, 0.1) is 5.39 Å². The van der Waals surface area contributed by atoms with Crippen LogP contribution in [0.4, 0.5) is 5.82 Å². The highest BCUT2D eigenvalue weighted by molar-refractivity contribution is 7.19. The van der Waals surface area contributed by atoms with Crippen molar-refractivity contribution < 1.29 is 4.79 Å². The van der Waals surface area contributed by atoms with Crippen LogP contribution in [-0.4, -0.2) is 47.0 Å². The van der Waals surface area contributed by atoms with Crippen molar-refractivity contribution in [2.45, 2.75) is 52.4 Å². The van der Waals surface area contributed by atoms with Gasteiger partial charge in [-0.25, -0.2) is 9.97 Å². The summed E-state index contributed by atoms with van der Waals surface area (Å²) in [7, 11) is 0. The molecule has 2 atom stereocenters. The van der Waals surface area contributed by atoms with Crippen molar-refractivity contribution in [2.24, 2.45) is 5.92 Å². The predicted molar refractivity (Wildman–Crippen MR) is 132 cm³/mol. The zero-order chi connectivity index (χ0) is 22.2. The van der Waals surface area contributed by atoms with E-state index in [1.54, 1.807) is 0 Å².